The minimum Gasteiger partial charge on any atom is -0.391 e. The van der Waals surface area contributed by atoms with E-state index in [1.54, 1.807) is 0 Å². The Kier molecular flexibility index (Phi) is 4.61. The van der Waals surface area contributed by atoms with Gasteiger partial charge in [-0.15, -0.1) is 0 Å². The maximum atomic E-state index is 10.2. The zero-order chi connectivity index (χ0) is 11.4. The van der Waals surface area contributed by atoms with Crippen LogP contribution >= 0.6 is 23.5 Å². The van der Waals surface area contributed by atoms with E-state index in [-0.39, 0.29) is 6.10 Å². The molecule has 2 atom stereocenters. The number of rotatable bonds is 4. The number of hydrogen-bond acceptors (Lipinski definition) is 4. The van der Waals surface area contributed by atoms with Crippen molar-refractivity contribution >= 4 is 23.5 Å². The summed E-state index contributed by atoms with van der Waals surface area (Å²) in [6.45, 7) is 3.03. The van der Waals surface area contributed by atoms with Gasteiger partial charge in [0.2, 0.25) is 0 Å². The van der Waals surface area contributed by atoms with Crippen molar-refractivity contribution in [1.29, 1.82) is 0 Å². The summed E-state index contributed by atoms with van der Waals surface area (Å²) in [5.41, 5.74) is 0. The lowest BCUT2D eigenvalue weighted by Crippen LogP contribution is -2.31. The lowest BCUT2D eigenvalue weighted by atomic mass is 10.2. The van der Waals surface area contributed by atoms with E-state index in [9.17, 15) is 5.11 Å². The minimum absolute atomic E-state index is 0.259. The molecule has 0 spiro atoms. The van der Waals surface area contributed by atoms with Gasteiger partial charge in [0.25, 0.3) is 0 Å². The summed E-state index contributed by atoms with van der Waals surface area (Å²) >= 11 is 3.84. The molecule has 1 N–H and O–H groups in total. The third kappa shape index (κ3) is 2.96. The van der Waals surface area contributed by atoms with Gasteiger partial charge in [-0.1, -0.05) is 0 Å². The van der Waals surface area contributed by atoms with E-state index in [0.717, 1.165) is 23.9 Å². The van der Waals surface area contributed by atoms with E-state index in [1.807, 2.05) is 35.9 Å². The Morgan fingerprint density at radius 1 is 1.62 bits per heavy atom. The molecule has 1 saturated heterocycles. The van der Waals surface area contributed by atoms with Crippen LogP contribution in [0, 0.1) is 0 Å². The largest absolute Gasteiger partial charge is 0.391 e. The van der Waals surface area contributed by atoms with Crippen molar-refractivity contribution in [2.45, 2.75) is 31.2 Å². The van der Waals surface area contributed by atoms with Crippen molar-refractivity contribution in [1.82, 2.24) is 9.55 Å². The van der Waals surface area contributed by atoms with Crippen LogP contribution in [0.3, 0.4) is 0 Å². The van der Waals surface area contributed by atoms with Gasteiger partial charge in [-0.25, -0.2) is 4.98 Å². The number of hydrogen-bond donors (Lipinski definition) is 1. The molecule has 2 rings (SSSR count). The van der Waals surface area contributed by atoms with Crippen LogP contribution in [-0.2, 0) is 13.0 Å². The SMILES string of the molecule is CCn1ccnc1CC(O)C1CSCCS1. The fraction of sp³-hybridized carbons (Fsp3) is 0.727. The predicted octanol–water partition coefficient (Wildman–Crippen LogP) is 1.65. The normalized spacial score (nSPS) is 23.2. The Bertz CT molecular complexity index is 324. The highest BCUT2D eigenvalue weighted by Crippen LogP contribution is 2.27. The van der Waals surface area contributed by atoms with Gasteiger partial charge in [0.1, 0.15) is 5.82 Å². The van der Waals surface area contributed by atoms with Gasteiger partial charge < -0.3 is 9.67 Å². The molecule has 2 unspecified atom stereocenters. The molecule has 0 saturated carbocycles. The highest BCUT2D eigenvalue weighted by atomic mass is 32.2. The smallest absolute Gasteiger partial charge is 0.111 e. The molecule has 5 heteroatoms. The molecule has 0 radical (unpaired) electrons. The van der Waals surface area contributed by atoms with Gasteiger partial charge in [-0.3, -0.25) is 0 Å². The summed E-state index contributed by atoms with van der Waals surface area (Å²) < 4.78 is 2.10. The quantitative estimate of drug-likeness (QED) is 0.891. The molecule has 3 nitrogen and oxygen atoms in total. The third-order valence-electron chi connectivity index (χ3n) is 2.80. The monoisotopic (exact) mass is 258 g/mol. The number of aromatic nitrogens is 2. The second kappa shape index (κ2) is 5.98. The van der Waals surface area contributed by atoms with Gasteiger partial charge in [-0.05, 0) is 6.92 Å². The van der Waals surface area contributed by atoms with Crippen LogP contribution < -0.4 is 0 Å². The van der Waals surface area contributed by atoms with Crippen molar-refractivity contribution in [2.75, 3.05) is 17.3 Å². The Balaban J connectivity index is 1.93. The molecule has 1 aromatic rings. The molecule has 0 amide bonds. The molecule has 1 aliphatic rings. The first kappa shape index (κ1) is 12.3. The standard InChI is InChI=1S/C11H18N2OS2/c1-2-13-4-3-12-11(13)7-9(14)10-8-15-5-6-16-10/h3-4,9-10,14H,2,5-8H2,1H3. The molecule has 16 heavy (non-hydrogen) atoms. The zero-order valence-corrected chi connectivity index (χ0v) is 11.1. The third-order valence-corrected chi connectivity index (χ3v) is 5.71. The van der Waals surface area contributed by atoms with E-state index in [4.69, 9.17) is 0 Å². The molecule has 90 valence electrons. The van der Waals surface area contributed by atoms with Crippen molar-refractivity contribution < 1.29 is 5.11 Å². The van der Waals surface area contributed by atoms with E-state index >= 15 is 0 Å². The lowest BCUT2D eigenvalue weighted by Gasteiger charge is -2.25. The summed E-state index contributed by atoms with van der Waals surface area (Å²) in [5.74, 6) is 4.45. The molecule has 1 aliphatic heterocycles. The second-order valence-electron chi connectivity index (χ2n) is 3.89. The van der Waals surface area contributed by atoms with Crippen LogP contribution in [0.15, 0.2) is 12.4 Å². The average molecular weight is 258 g/mol. The van der Waals surface area contributed by atoms with Crippen LogP contribution in [0.5, 0.6) is 0 Å². The number of thioether (sulfide) groups is 2. The maximum absolute atomic E-state index is 10.2. The van der Waals surface area contributed by atoms with Crippen LogP contribution in [0.25, 0.3) is 0 Å². The predicted molar refractivity (Wildman–Crippen MR) is 71.2 cm³/mol. The number of aryl methyl sites for hydroxylation is 1. The first-order chi connectivity index (χ1) is 7.81. The molecule has 0 bridgehead atoms. The average Bonchev–Trinajstić information content (AvgIpc) is 2.77. The summed E-state index contributed by atoms with van der Waals surface area (Å²) in [5, 5.41) is 10.6. The van der Waals surface area contributed by atoms with Gasteiger partial charge in [0.15, 0.2) is 0 Å². The second-order valence-corrected chi connectivity index (χ2v) is 6.38. The number of aliphatic hydroxyl groups excluding tert-OH is 1. The summed E-state index contributed by atoms with van der Waals surface area (Å²) in [6, 6.07) is 0. The molecular formula is C11H18N2OS2. The fourth-order valence-electron chi connectivity index (χ4n) is 1.86. The Morgan fingerprint density at radius 3 is 3.19 bits per heavy atom. The molecule has 0 aromatic carbocycles. The van der Waals surface area contributed by atoms with E-state index in [1.165, 1.54) is 5.75 Å². The van der Waals surface area contributed by atoms with Crippen molar-refractivity contribution in [3.05, 3.63) is 18.2 Å². The van der Waals surface area contributed by atoms with Gasteiger partial charge in [0.05, 0.1) is 6.10 Å². The topological polar surface area (TPSA) is 38.0 Å². The zero-order valence-electron chi connectivity index (χ0n) is 9.50. The highest BCUT2D eigenvalue weighted by Gasteiger charge is 2.24. The van der Waals surface area contributed by atoms with Crippen molar-refractivity contribution in [2.24, 2.45) is 0 Å². The first-order valence-corrected chi connectivity index (χ1v) is 7.89. The Hall–Kier alpha value is -0.130. The number of nitrogens with zero attached hydrogens (tertiary/aromatic N) is 2. The maximum Gasteiger partial charge on any atom is 0.111 e. The lowest BCUT2D eigenvalue weighted by molar-refractivity contribution is 0.173. The van der Waals surface area contributed by atoms with Crippen molar-refractivity contribution in [3.63, 3.8) is 0 Å². The molecule has 1 fully saturated rings. The minimum atomic E-state index is -0.259. The fourth-order valence-corrected chi connectivity index (χ4v) is 4.64. The Labute approximate surface area is 105 Å². The summed E-state index contributed by atoms with van der Waals surface area (Å²) in [7, 11) is 0. The van der Waals surface area contributed by atoms with Crippen molar-refractivity contribution in [3.8, 4) is 0 Å². The molecule has 0 aliphatic carbocycles. The van der Waals surface area contributed by atoms with E-state index in [2.05, 4.69) is 16.5 Å². The highest BCUT2D eigenvalue weighted by molar-refractivity contribution is 8.06. The molecular weight excluding hydrogens is 240 g/mol. The first-order valence-electron chi connectivity index (χ1n) is 5.68. The van der Waals surface area contributed by atoms with Gasteiger partial charge >= 0.3 is 0 Å². The van der Waals surface area contributed by atoms with Crippen LogP contribution in [0.2, 0.25) is 0 Å². The molecule has 2 heterocycles. The van der Waals surface area contributed by atoms with E-state index in [0.29, 0.717) is 11.7 Å². The van der Waals surface area contributed by atoms with Crippen LogP contribution in [0.4, 0.5) is 0 Å². The molecule has 1 aromatic heterocycles. The van der Waals surface area contributed by atoms with Gasteiger partial charge in [-0.2, -0.15) is 23.5 Å². The Morgan fingerprint density at radius 2 is 2.50 bits per heavy atom. The van der Waals surface area contributed by atoms with Crippen LogP contribution in [-0.4, -0.2) is 43.3 Å². The number of imidazole rings is 1. The number of aliphatic hydroxyl groups is 1. The van der Waals surface area contributed by atoms with Crippen LogP contribution in [0.1, 0.15) is 12.7 Å². The summed E-state index contributed by atoms with van der Waals surface area (Å²) in [6.07, 6.45) is 4.21. The summed E-state index contributed by atoms with van der Waals surface area (Å²) in [4.78, 5) is 4.31. The van der Waals surface area contributed by atoms with E-state index < -0.39 is 0 Å². The van der Waals surface area contributed by atoms with Gasteiger partial charge in [0, 0.05) is 47.9 Å².